The zero-order valence-corrected chi connectivity index (χ0v) is 13.2. The quantitative estimate of drug-likeness (QED) is 0.799. The zero-order chi connectivity index (χ0) is 15.7. The molecule has 2 heterocycles. The number of nitrogens with zero attached hydrogens (tertiary/aromatic N) is 1. The van der Waals surface area contributed by atoms with E-state index in [2.05, 4.69) is 5.32 Å². The number of aromatic carboxylic acids is 1. The molecule has 6 nitrogen and oxygen atoms in total. The molecule has 2 unspecified atom stereocenters. The van der Waals surface area contributed by atoms with Crippen molar-refractivity contribution in [1.29, 1.82) is 0 Å². The van der Waals surface area contributed by atoms with Crippen LogP contribution in [-0.2, 0) is 0 Å². The first-order chi connectivity index (χ1) is 9.86. The SMILES string of the molecule is Cc1sc(NC(=O)N2CCC(C)C2CO)c(C(=O)O)c1C. The monoisotopic (exact) mass is 312 g/mol. The lowest BCUT2D eigenvalue weighted by atomic mass is 10.0. The molecule has 0 saturated carbocycles. The normalized spacial score (nSPS) is 21.6. The third kappa shape index (κ3) is 2.89. The molecule has 2 rings (SSSR count). The lowest BCUT2D eigenvalue weighted by Gasteiger charge is -2.25. The minimum absolute atomic E-state index is 0.0805. The Morgan fingerprint density at radius 2 is 2.10 bits per heavy atom. The molecule has 0 aromatic carbocycles. The first-order valence-electron chi connectivity index (χ1n) is 6.88. The van der Waals surface area contributed by atoms with E-state index in [0.29, 0.717) is 17.1 Å². The number of hydrogen-bond acceptors (Lipinski definition) is 4. The Labute approximate surface area is 127 Å². The van der Waals surface area contributed by atoms with Crippen LogP contribution in [0.2, 0.25) is 0 Å². The number of nitrogens with one attached hydrogen (secondary N) is 1. The van der Waals surface area contributed by atoms with Gasteiger partial charge in [-0.2, -0.15) is 0 Å². The molecule has 1 aromatic heterocycles. The molecule has 116 valence electrons. The van der Waals surface area contributed by atoms with Gasteiger partial charge in [0.2, 0.25) is 0 Å². The van der Waals surface area contributed by atoms with E-state index in [-0.39, 0.29) is 30.2 Å². The molecule has 3 N–H and O–H groups in total. The minimum Gasteiger partial charge on any atom is -0.478 e. The third-order valence-electron chi connectivity index (χ3n) is 4.15. The molecule has 1 aliphatic rings. The Kier molecular flexibility index (Phi) is 4.53. The van der Waals surface area contributed by atoms with Gasteiger partial charge in [-0.1, -0.05) is 6.92 Å². The molecule has 1 aliphatic heterocycles. The van der Waals surface area contributed by atoms with Gasteiger partial charge in [-0.25, -0.2) is 9.59 Å². The molecule has 1 fully saturated rings. The van der Waals surface area contributed by atoms with Crippen LogP contribution in [0.3, 0.4) is 0 Å². The number of aliphatic hydroxyl groups excluding tert-OH is 1. The predicted octanol–water partition coefficient (Wildman–Crippen LogP) is 2.30. The van der Waals surface area contributed by atoms with Crippen LogP contribution in [0.25, 0.3) is 0 Å². The number of aliphatic hydroxyl groups is 1. The molecule has 0 radical (unpaired) electrons. The molecule has 1 saturated heterocycles. The number of urea groups is 1. The topological polar surface area (TPSA) is 89.9 Å². The van der Waals surface area contributed by atoms with Crippen molar-refractivity contribution in [3.05, 3.63) is 16.0 Å². The highest BCUT2D eigenvalue weighted by molar-refractivity contribution is 7.16. The summed E-state index contributed by atoms with van der Waals surface area (Å²) in [6, 6.07) is -0.553. The summed E-state index contributed by atoms with van der Waals surface area (Å²) in [5.74, 6) is -0.799. The molecule has 1 aromatic rings. The van der Waals surface area contributed by atoms with Gasteiger partial charge in [0.25, 0.3) is 0 Å². The van der Waals surface area contributed by atoms with Crippen molar-refractivity contribution in [3.8, 4) is 0 Å². The molecule has 0 bridgehead atoms. The second kappa shape index (κ2) is 6.03. The molecule has 2 amide bonds. The van der Waals surface area contributed by atoms with E-state index in [1.165, 1.54) is 11.3 Å². The summed E-state index contributed by atoms with van der Waals surface area (Å²) < 4.78 is 0. The van der Waals surface area contributed by atoms with Crippen molar-refractivity contribution in [2.45, 2.75) is 33.2 Å². The maximum Gasteiger partial charge on any atom is 0.338 e. The number of carboxylic acids is 1. The highest BCUT2D eigenvalue weighted by Crippen LogP contribution is 2.33. The van der Waals surface area contributed by atoms with E-state index in [9.17, 15) is 19.8 Å². The van der Waals surface area contributed by atoms with Crippen LogP contribution in [0.1, 0.15) is 34.1 Å². The van der Waals surface area contributed by atoms with Crippen molar-refractivity contribution < 1.29 is 19.8 Å². The fourth-order valence-corrected chi connectivity index (χ4v) is 3.72. The lowest BCUT2D eigenvalue weighted by Crippen LogP contribution is -2.42. The van der Waals surface area contributed by atoms with Gasteiger partial charge in [0.15, 0.2) is 0 Å². The Bertz CT molecular complexity index is 570. The number of carboxylic acid groups (broad SMARTS) is 1. The van der Waals surface area contributed by atoms with E-state index in [0.717, 1.165) is 11.3 Å². The van der Waals surface area contributed by atoms with Crippen molar-refractivity contribution in [3.63, 3.8) is 0 Å². The maximum absolute atomic E-state index is 12.3. The summed E-state index contributed by atoms with van der Waals surface area (Å²) in [6.07, 6.45) is 0.840. The first kappa shape index (κ1) is 15.8. The van der Waals surface area contributed by atoms with Gasteiger partial charge in [-0.15, -0.1) is 11.3 Å². The summed E-state index contributed by atoms with van der Waals surface area (Å²) in [4.78, 5) is 26.1. The molecule has 7 heteroatoms. The van der Waals surface area contributed by atoms with Gasteiger partial charge in [-0.3, -0.25) is 5.32 Å². The second-order valence-corrected chi connectivity index (χ2v) is 6.66. The van der Waals surface area contributed by atoms with Gasteiger partial charge in [0.1, 0.15) is 5.00 Å². The summed E-state index contributed by atoms with van der Waals surface area (Å²) in [6.45, 7) is 6.05. The largest absolute Gasteiger partial charge is 0.478 e. The maximum atomic E-state index is 12.3. The van der Waals surface area contributed by atoms with Crippen molar-refractivity contribution in [2.24, 2.45) is 5.92 Å². The minimum atomic E-state index is -1.04. The molecule has 0 aliphatic carbocycles. The molecular formula is C14H20N2O4S. The van der Waals surface area contributed by atoms with E-state index >= 15 is 0 Å². The Morgan fingerprint density at radius 3 is 2.67 bits per heavy atom. The standard InChI is InChI=1S/C14H20N2O4S/c1-7-4-5-16(10(7)6-17)14(20)15-12-11(13(18)19)8(2)9(3)21-12/h7,10,17H,4-6H2,1-3H3,(H,15,20)(H,18,19). The molecule has 2 atom stereocenters. The number of amides is 2. The summed E-state index contributed by atoms with van der Waals surface area (Å²) >= 11 is 1.26. The predicted molar refractivity (Wildman–Crippen MR) is 81.1 cm³/mol. The summed E-state index contributed by atoms with van der Waals surface area (Å²) in [7, 11) is 0. The molecule has 21 heavy (non-hydrogen) atoms. The van der Waals surface area contributed by atoms with E-state index in [4.69, 9.17) is 0 Å². The van der Waals surface area contributed by atoms with Gasteiger partial charge < -0.3 is 15.1 Å². The van der Waals surface area contributed by atoms with Gasteiger partial charge in [-0.05, 0) is 31.7 Å². The number of anilines is 1. The summed E-state index contributed by atoms with van der Waals surface area (Å²) in [5, 5.41) is 21.7. The highest BCUT2D eigenvalue weighted by atomic mass is 32.1. The number of rotatable bonds is 3. The Balaban J connectivity index is 2.21. The fraction of sp³-hybridized carbons (Fsp3) is 0.571. The van der Waals surface area contributed by atoms with Crippen LogP contribution in [0, 0.1) is 19.8 Å². The average Bonchev–Trinajstić information content (AvgIpc) is 2.90. The lowest BCUT2D eigenvalue weighted by molar-refractivity contribution is 0.0697. The Morgan fingerprint density at radius 1 is 1.43 bits per heavy atom. The second-order valence-electron chi connectivity index (χ2n) is 5.43. The van der Waals surface area contributed by atoms with Crippen LogP contribution in [0.5, 0.6) is 0 Å². The number of carbonyl (C=O) groups is 2. The molecular weight excluding hydrogens is 292 g/mol. The van der Waals surface area contributed by atoms with Crippen LogP contribution in [0.15, 0.2) is 0 Å². The van der Waals surface area contributed by atoms with Crippen LogP contribution >= 0.6 is 11.3 Å². The van der Waals surface area contributed by atoms with Crippen LogP contribution < -0.4 is 5.32 Å². The van der Waals surface area contributed by atoms with Gasteiger partial charge in [0, 0.05) is 11.4 Å². The number of thiophene rings is 1. The number of aryl methyl sites for hydroxylation is 1. The van der Waals surface area contributed by atoms with E-state index in [1.807, 2.05) is 13.8 Å². The van der Waals surface area contributed by atoms with E-state index in [1.54, 1.807) is 11.8 Å². The first-order valence-corrected chi connectivity index (χ1v) is 7.70. The van der Waals surface area contributed by atoms with Crippen LogP contribution in [0.4, 0.5) is 9.80 Å². The third-order valence-corrected chi connectivity index (χ3v) is 5.27. The zero-order valence-electron chi connectivity index (χ0n) is 12.3. The number of hydrogen-bond donors (Lipinski definition) is 3. The van der Waals surface area contributed by atoms with E-state index < -0.39 is 5.97 Å². The van der Waals surface area contributed by atoms with Gasteiger partial charge in [0.05, 0.1) is 18.2 Å². The smallest absolute Gasteiger partial charge is 0.338 e. The summed E-state index contributed by atoms with van der Waals surface area (Å²) in [5.41, 5.74) is 0.829. The number of carbonyl (C=O) groups excluding carboxylic acids is 1. The van der Waals surface area contributed by atoms with Crippen LogP contribution in [-0.4, -0.2) is 46.3 Å². The van der Waals surface area contributed by atoms with Crippen molar-refractivity contribution in [2.75, 3.05) is 18.5 Å². The van der Waals surface area contributed by atoms with Gasteiger partial charge >= 0.3 is 12.0 Å². The van der Waals surface area contributed by atoms with Crippen molar-refractivity contribution >= 4 is 28.3 Å². The number of likely N-dealkylation sites (tertiary alicyclic amines) is 1. The molecule has 0 spiro atoms. The van der Waals surface area contributed by atoms with Crippen molar-refractivity contribution in [1.82, 2.24) is 4.90 Å². The highest BCUT2D eigenvalue weighted by Gasteiger charge is 2.34. The fourth-order valence-electron chi connectivity index (χ4n) is 2.68. The average molecular weight is 312 g/mol. The Hall–Kier alpha value is -1.60.